The third-order valence-corrected chi connectivity index (χ3v) is 2.22. The first-order valence-electron chi connectivity index (χ1n) is 4.95. The molecule has 1 fully saturated rings. The zero-order chi connectivity index (χ0) is 9.68. The van der Waals surface area contributed by atoms with Crippen molar-refractivity contribution in [2.24, 2.45) is 11.7 Å². The monoisotopic (exact) mass is 185 g/mol. The molecule has 1 atom stereocenters. The largest absolute Gasteiger partial charge is 0.355 e. The number of nitrogens with one attached hydrogen (secondary N) is 2. The molecular formula is C9H19N3O. The summed E-state index contributed by atoms with van der Waals surface area (Å²) < 4.78 is 0. The maximum absolute atomic E-state index is 11.2. The van der Waals surface area contributed by atoms with E-state index in [1.165, 1.54) is 0 Å². The molecule has 0 aliphatic heterocycles. The Morgan fingerprint density at radius 3 is 2.77 bits per heavy atom. The maximum Gasteiger partial charge on any atom is 0.223 e. The lowest BCUT2D eigenvalue weighted by molar-refractivity contribution is -0.122. The van der Waals surface area contributed by atoms with Gasteiger partial charge < -0.3 is 16.4 Å². The first-order valence-corrected chi connectivity index (χ1v) is 4.95. The molecule has 1 unspecified atom stereocenters. The van der Waals surface area contributed by atoms with Crippen LogP contribution in [0.5, 0.6) is 0 Å². The van der Waals surface area contributed by atoms with Crippen LogP contribution in [-0.4, -0.2) is 31.6 Å². The fourth-order valence-electron chi connectivity index (χ4n) is 1.08. The van der Waals surface area contributed by atoms with Gasteiger partial charge in [0.05, 0.1) is 0 Å². The summed E-state index contributed by atoms with van der Waals surface area (Å²) in [6, 6.07) is 0.331. The SMILES string of the molecule is CC(CN)NCCNC(=O)C1CC1. The summed E-state index contributed by atoms with van der Waals surface area (Å²) in [5.74, 6) is 0.522. The van der Waals surface area contributed by atoms with Gasteiger partial charge in [-0.2, -0.15) is 0 Å². The summed E-state index contributed by atoms with van der Waals surface area (Å²) in [5, 5.41) is 6.09. The molecule has 0 aromatic heterocycles. The Morgan fingerprint density at radius 2 is 2.23 bits per heavy atom. The average Bonchev–Trinajstić information content (AvgIpc) is 2.94. The van der Waals surface area contributed by atoms with Crippen molar-refractivity contribution < 1.29 is 4.79 Å². The van der Waals surface area contributed by atoms with Crippen molar-refractivity contribution in [1.29, 1.82) is 0 Å². The molecule has 1 rings (SSSR count). The van der Waals surface area contributed by atoms with Gasteiger partial charge in [-0.25, -0.2) is 0 Å². The van der Waals surface area contributed by atoms with Crippen molar-refractivity contribution in [2.75, 3.05) is 19.6 Å². The summed E-state index contributed by atoms with van der Waals surface area (Å²) in [5.41, 5.74) is 5.42. The Bertz CT molecular complexity index is 168. The second-order valence-electron chi connectivity index (χ2n) is 3.66. The highest BCUT2D eigenvalue weighted by Crippen LogP contribution is 2.28. The van der Waals surface area contributed by atoms with Crippen molar-refractivity contribution in [3.63, 3.8) is 0 Å². The molecule has 0 heterocycles. The Labute approximate surface area is 79.3 Å². The van der Waals surface area contributed by atoms with Gasteiger partial charge in [-0.1, -0.05) is 0 Å². The summed E-state index contributed by atoms with van der Waals surface area (Å²) in [7, 11) is 0. The molecule has 4 heteroatoms. The van der Waals surface area contributed by atoms with Gasteiger partial charge in [0.1, 0.15) is 0 Å². The van der Waals surface area contributed by atoms with Gasteiger partial charge in [0, 0.05) is 31.6 Å². The lowest BCUT2D eigenvalue weighted by Crippen LogP contribution is -2.39. The molecule has 0 radical (unpaired) electrons. The third-order valence-electron chi connectivity index (χ3n) is 2.22. The molecule has 4 N–H and O–H groups in total. The molecule has 13 heavy (non-hydrogen) atoms. The standard InChI is InChI=1S/C9H19N3O/c1-7(6-10)11-4-5-12-9(13)8-2-3-8/h7-8,11H,2-6,10H2,1H3,(H,12,13). The minimum atomic E-state index is 0.210. The third kappa shape index (κ3) is 4.24. The fourth-order valence-corrected chi connectivity index (χ4v) is 1.08. The van der Waals surface area contributed by atoms with Crippen LogP contribution in [0, 0.1) is 5.92 Å². The van der Waals surface area contributed by atoms with Gasteiger partial charge >= 0.3 is 0 Å². The van der Waals surface area contributed by atoms with Crippen molar-refractivity contribution in [2.45, 2.75) is 25.8 Å². The van der Waals surface area contributed by atoms with E-state index < -0.39 is 0 Å². The molecule has 1 saturated carbocycles. The highest BCUT2D eigenvalue weighted by Gasteiger charge is 2.28. The minimum Gasteiger partial charge on any atom is -0.355 e. The number of amides is 1. The van der Waals surface area contributed by atoms with Crippen molar-refractivity contribution in [3.8, 4) is 0 Å². The summed E-state index contributed by atoms with van der Waals surface area (Å²) in [4.78, 5) is 11.2. The van der Waals surface area contributed by atoms with Gasteiger partial charge in [0.2, 0.25) is 5.91 Å². The molecule has 0 aromatic rings. The Hall–Kier alpha value is -0.610. The van der Waals surface area contributed by atoms with E-state index in [0.29, 0.717) is 25.0 Å². The van der Waals surface area contributed by atoms with E-state index in [2.05, 4.69) is 10.6 Å². The lowest BCUT2D eigenvalue weighted by atomic mass is 10.3. The van der Waals surface area contributed by atoms with Crippen molar-refractivity contribution in [1.82, 2.24) is 10.6 Å². The first-order chi connectivity index (χ1) is 6.24. The lowest BCUT2D eigenvalue weighted by Gasteiger charge is -2.11. The predicted octanol–water partition coefficient (Wildman–Crippen LogP) is -0.551. The van der Waals surface area contributed by atoms with Gasteiger partial charge in [-0.15, -0.1) is 0 Å². The predicted molar refractivity (Wildman–Crippen MR) is 52.3 cm³/mol. The molecule has 1 amide bonds. The van der Waals surface area contributed by atoms with Crippen LogP contribution >= 0.6 is 0 Å². The van der Waals surface area contributed by atoms with Gasteiger partial charge in [-0.3, -0.25) is 4.79 Å². The molecular weight excluding hydrogens is 166 g/mol. The van der Waals surface area contributed by atoms with E-state index in [4.69, 9.17) is 5.73 Å². The number of hydrogen-bond donors (Lipinski definition) is 3. The van der Waals surface area contributed by atoms with Crippen LogP contribution in [0.2, 0.25) is 0 Å². The molecule has 0 aromatic carbocycles. The molecule has 76 valence electrons. The van der Waals surface area contributed by atoms with E-state index in [1.54, 1.807) is 0 Å². The quantitative estimate of drug-likeness (QED) is 0.486. The van der Waals surface area contributed by atoms with Crippen LogP contribution in [0.15, 0.2) is 0 Å². The molecule has 0 bridgehead atoms. The number of hydrogen-bond acceptors (Lipinski definition) is 3. The van der Waals surface area contributed by atoms with E-state index in [9.17, 15) is 4.79 Å². The molecule has 1 aliphatic rings. The number of rotatable bonds is 6. The number of carbonyl (C=O) groups is 1. The number of nitrogens with two attached hydrogens (primary N) is 1. The van der Waals surface area contributed by atoms with Crippen LogP contribution in [0.1, 0.15) is 19.8 Å². The fraction of sp³-hybridized carbons (Fsp3) is 0.889. The molecule has 4 nitrogen and oxygen atoms in total. The van der Waals surface area contributed by atoms with Gasteiger partial charge in [0.25, 0.3) is 0 Å². The zero-order valence-electron chi connectivity index (χ0n) is 8.18. The second kappa shape index (κ2) is 5.19. The summed E-state index contributed by atoms with van der Waals surface area (Å²) in [6.07, 6.45) is 2.14. The minimum absolute atomic E-state index is 0.210. The van der Waals surface area contributed by atoms with Crippen LogP contribution in [0.25, 0.3) is 0 Å². The Morgan fingerprint density at radius 1 is 1.54 bits per heavy atom. The normalized spacial score (nSPS) is 18.3. The van der Waals surface area contributed by atoms with Gasteiger partial charge in [0.15, 0.2) is 0 Å². The number of carbonyl (C=O) groups excluding carboxylic acids is 1. The highest BCUT2D eigenvalue weighted by atomic mass is 16.2. The topological polar surface area (TPSA) is 67.2 Å². The van der Waals surface area contributed by atoms with E-state index in [1.807, 2.05) is 6.92 Å². The van der Waals surface area contributed by atoms with E-state index in [-0.39, 0.29) is 5.91 Å². The van der Waals surface area contributed by atoms with E-state index >= 15 is 0 Å². The zero-order valence-corrected chi connectivity index (χ0v) is 8.18. The van der Waals surface area contributed by atoms with Crippen LogP contribution < -0.4 is 16.4 Å². The van der Waals surface area contributed by atoms with Crippen LogP contribution in [0.4, 0.5) is 0 Å². The van der Waals surface area contributed by atoms with Crippen LogP contribution in [-0.2, 0) is 4.79 Å². The second-order valence-corrected chi connectivity index (χ2v) is 3.66. The maximum atomic E-state index is 11.2. The highest BCUT2D eigenvalue weighted by molar-refractivity contribution is 5.80. The van der Waals surface area contributed by atoms with E-state index in [0.717, 1.165) is 19.4 Å². The van der Waals surface area contributed by atoms with Gasteiger partial charge in [-0.05, 0) is 19.8 Å². The Kier molecular flexibility index (Phi) is 4.18. The molecule has 1 aliphatic carbocycles. The smallest absolute Gasteiger partial charge is 0.223 e. The average molecular weight is 185 g/mol. The van der Waals surface area contributed by atoms with Crippen LogP contribution in [0.3, 0.4) is 0 Å². The molecule has 0 spiro atoms. The van der Waals surface area contributed by atoms with Crippen molar-refractivity contribution in [3.05, 3.63) is 0 Å². The Balaban J connectivity index is 1.91. The summed E-state index contributed by atoms with van der Waals surface area (Å²) >= 11 is 0. The first kappa shape index (κ1) is 10.5. The summed E-state index contributed by atoms with van der Waals surface area (Å²) in [6.45, 7) is 4.18. The van der Waals surface area contributed by atoms with Crippen molar-refractivity contribution >= 4 is 5.91 Å². The molecule has 0 saturated heterocycles.